The maximum Gasteiger partial charge on any atom is 0.315 e. The smallest absolute Gasteiger partial charge is 0.315 e. The summed E-state index contributed by atoms with van der Waals surface area (Å²) in [6.45, 7) is 6.37. The Hall–Kier alpha value is -1.75. The highest BCUT2D eigenvalue weighted by atomic mass is 16.5. The zero-order chi connectivity index (χ0) is 15.2. The van der Waals surface area contributed by atoms with E-state index in [1.165, 1.54) is 0 Å². The van der Waals surface area contributed by atoms with Crippen molar-refractivity contribution in [3.8, 4) is 5.75 Å². The molecule has 0 saturated heterocycles. The maximum absolute atomic E-state index is 11.7. The Morgan fingerprint density at radius 3 is 2.55 bits per heavy atom. The first-order valence-electron chi connectivity index (χ1n) is 6.66. The Bertz CT molecular complexity index is 441. The fraction of sp³-hybridized carbons (Fsp3) is 0.533. The zero-order valence-corrected chi connectivity index (χ0v) is 12.6. The van der Waals surface area contributed by atoms with Gasteiger partial charge in [0.2, 0.25) is 0 Å². The van der Waals surface area contributed by atoms with E-state index in [0.29, 0.717) is 6.54 Å². The van der Waals surface area contributed by atoms with Crippen LogP contribution >= 0.6 is 0 Å². The van der Waals surface area contributed by atoms with Gasteiger partial charge in [-0.05, 0) is 11.5 Å². The van der Waals surface area contributed by atoms with Gasteiger partial charge in [0, 0.05) is 18.7 Å². The number of hydrogen-bond acceptors (Lipinski definition) is 3. The lowest BCUT2D eigenvalue weighted by Gasteiger charge is -2.25. The summed E-state index contributed by atoms with van der Waals surface area (Å²) in [4.78, 5) is 11.7. The average molecular weight is 280 g/mol. The summed E-state index contributed by atoms with van der Waals surface area (Å²) in [5, 5.41) is 15.2. The van der Waals surface area contributed by atoms with E-state index in [2.05, 4.69) is 10.6 Å². The molecule has 3 N–H and O–H groups in total. The van der Waals surface area contributed by atoms with Crippen LogP contribution in [0.1, 0.15) is 26.3 Å². The normalized spacial score (nSPS) is 12.7. The van der Waals surface area contributed by atoms with E-state index >= 15 is 0 Å². The van der Waals surface area contributed by atoms with Crippen LogP contribution in [0, 0.1) is 5.41 Å². The zero-order valence-electron chi connectivity index (χ0n) is 12.6. The van der Waals surface area contributed by atoms with Crippen LogP contribution in [0.15, 0.2) is 24.3 Å². The summed E-state index contributed by atoms with van der Waals surface area (Å²) in [5.41, 5.74) is 0.650. The van der Waals surface area contributed by atoms with Gasteiger partial charge in [0.1, 0.15) is 5.75 Å². The van der Waals surface area contributed by atoms with Crippen LogP contribution in [-0.4, -0.2) is 30.9 Å². The van der Waals surface area contributed by atoms with Crippen molar-refractivity contribution in [3.05, 3.63) is 29.8 Å². The molecule has 1 rings (SSSR count). The number of ether oxygens (including phenoxy) is 1. The van der Waals surface area contributed by atoms with Crippen molar-refractivity contribution in [2.24, 2.45) is 5.41 Å². The van der Waals surface area contributed by atoms with E-state index in [4.69, 9.17) is 4.74 Å². The highest BCUT2D eigenvalue weighted by molar-refractivity contribution is 5.73. The molecule has 0 bridgehead atoms. The van der Waals surface area contributed by atoms with Gasteiger partial charge in [-0.15, -0.1) is 0 Å². The monoisotopic (exact) mass is 280 g/mol. The van der Waals surface area contributed by atoms with Crippen molar-refractivity contribution in [3.63, 3.8) is 0 Å². The van der Waals surface area contributed by atoms with Gasteiger partial charge >= 0.3 is 6.03 Å². The molecule has 2 amide bonds. The summed E-state index contributed by atoms with van der Waals surface area (Å²) in [7, 11) is 1.60. The predicted octanol–water partition coefficient (Wildman–Crippen LogP) is 1.90. The van der Waals surface area contributed by atoms with E-state index in [1.807, 2.05) is 45.0 Å². The van der Waals surface area contributed by atoms with Crippen LogP contribution in [0.3, 0.4) is 0 Å². The van der Waals surface area contributed by atoms with Gasteiger partial charge < -0.3 is 20.5 Å². The number of urea groups is 1. The molecule has 0 heterocycles. The van der Waals surface area contributed by atoms with Gasteiger partial charge in [-0.25, -0.2) is 4.79 Å². The van der Waals surface area contributed by atoms with E-state index < -0.39 is 6.10 Å². The number of methoxy groups -OCH3 is 1. The van der Waals surface area contributed by atoms with Gasteiger partial charge in [-0.3, -0.25) is 0 Å². The third-order valence-electron chi connectivity index (χ3n) is 3.09. The molecular weight excluding hydrogens is 256 g/mol. The first-order chi connectivity index (χ1) is 9.34. The Morgan fingerprint density at radius 2 is 1.95 bits per heavy atom. The molecule has 0 aromatic heterocycles. The van der Waals surface area contributed by atoms with E-state index in [9.17, 15) is 9.90 Å². The molecular formula is C15H24N2O3. The molecule has 1 aromatic rings. The molecule has 5 heteroatoms. The molecule has 0 aliphatic heterocycles. The third-order valence-corrected chi connectivity index (χ3v) is 3.09. The van der Waals surface area contributed by atoms with Crippen molar-refractivity contribution in [1.82, 2.24) is 10.6 Å². The first-order valence-corrected chi connectivity index (χ1v) is 6.66. The summed E-state index contributed by atoms with van der Waals surface area (Å²) < 4.78 is 5.21. The number of aliphatic hydroxyl groups is 1. The molecule has 0 fully saturated rings. The van der Waals surface area contributed by atoms with Crippen molar-refractivity contribution >= 4 is 6.03 Å². The van der Waals surface area contributed by atoms with Crippen molar-refractivity contribution in [2.75, 3.05) is 13.7 Å². The fourth-order valence-corrected chi connectivity index (χ4v) is 1.58. The number of amides is 2. The minimum atomic E-state index is -0.584. The maximum atomic E-state index is 11.7. The van der Waals surface area contributed by atoms with Crippen LogP contribution in [-0.2, 0) is 6.54 Å². The van der Waals surface area contributed by atoms with Gasteiger partial charge in [0.25, 0.3) is 0 Å². The Morgan fingerprint density at radius 1 is 1.30 bits per heavy atom. The SMILES string of the molecule is COc1ccccc1CNC(=O)NCC(O)C(C)(C)C. The molecule has 0 spiro atoms. The van der Waals surface area contributed by atoms with Crippen LogP contribution in [0.5, 0.6) is 5.75 Å². The van der Waals surface area contributed by atoms with Crippen molar-refractivity contribution in [1.29, 1.82) is 0 Å². The predicted molar refractivity (Wildman–Crippen MR) is 78.7 cm³/mol. The topological polar surface area (TPSA) is 70.6 Å². The van der Waals surface area contributed by atoms with E-state index in [-0.39, 0.29) is 18.0 Å². The molecule has 1 unspecified atom stereocenters. The summed E-state index contributed by atoms with van der Waals surface area (Å²) in [6.07, 6.45) is -0.584. The lowest BCUT2D eigenvalue weighted by Crippen LogP contribution is -2.43. The van der Waals surface area contributed by atoms with Crippen molar-refractivity contribution in [2.45, 2.75) is 33.4 Å². The number of nitrogens with one attached hydrogen (secondary N) is 2. The Labute approximate surface area is 120 Å². The Balaban J connectivity index is 2.40. The second-order valence-corrected chi connectivity index (χ2v) is 5.76. The number of carbonyl (C=O) groups is 1. The number of rotatable bonds is 5. The van der Waals surface area contributed by atoms with E-state index in [1.54, 1.807) is 7.11 Å². The largest absolute Gasteiger partial charge is 0.496 e. The van der Waals surface area contributed by atoms with Crippen LogP contribution in [0.4, 0.5) is 4.79 Å². The Kier molecular flexibility index (Phi) is 5.82. The summed E-state index contributed by atoms with van der Waals surface area (Å²) in [5.74, 6) is 0.738. The molecule has 20 heavy (non-hydrogen) atoms. The number of carbonyl (C=O) groups excluding carboxylic acids is 1. The highest BCUT2D eigenvalue weighted by Gasteiger charge is 2.22. The lowest BCUT2D eigenvalue weighted by molar-refractivity contribution is 0.0650. The summed E-state index contributed by atoms with van der Waals surface area (Å²) in [6, 6.07) is 7.20. The standard InChI is InChI=1S/C15H24N2O3/c1-15(2,3)13(18)10-17-14(19)16-9-11-7-5-6-8-12(11)20-4/h5-8,13,18H,9-10H2,1-4H3,(H2,16,17,19). The molecule has 1 aromatic carbocycles. The molecule has 0 saturated carbocycles. The van der Waals surface area contributed by atoms with Gasteiger partial charge in [0.05, 0.1) is 13.2 Å². The number of para-hydroxylation sites is 1. The van der Waals surface area contributed by atoms with E-state index in [0.717, 1.165) is 11.3 Å². The second kappa shape index (κ2) is 7.14. The molecule has 0 aliphatic rings. The third kappa shape index (κ3) is 5.09. The molecule has 112 valence electrons. The van der Waals surface area contributed by atoms with Gasteiger partial charge in [-0.1, -0.05) is 39.0 Å². The molecule has 5 nitrogen and oxygen atoms in total. The molecule has 0 radical (unpaired) electrons. The van der Waals surface area contributed by atoms with Crippen molar-refractivity contribution < 1.29 is 14.6 Å². The van der Waals surface area contributed by atoms with Gasteiger partial charge in [0.15, 0.2) is 0 Å². The molecule has 1 atom stereocenters. The van der Waals surface area contributed by atoms with Crippen LogP contribution in [0.2, 0.25) is 0 Å². The quantitative estimate of drug-likeness (QED) is 0.771. The highest BCUT2D eigenvalue weighted by Crippen LogP contribution is 2.18. The van der Waals surface area contributed by atoms with Gasteiger partial charge in [-0.2, -0.15) is 0 Å². The molecule has 0 aliphatic carbocycles. The lowest BCUT2D eigenvalue weighted by atomic mass is 9.89. The fourth-order valence-electron chi connectivity index (χ4n) is 1.58. The minimum absolute atomic E-state index is 0.223. The number of hydrogen-bond donors (Lipinski definition) is 3. The first kappa shape index (κ1) is 16.3. The van der Waals surface area contributed by atoms with Crippen LogP contribution < -0.4 is 15.4 Å². The second-order valence-electron chi connectivity index (χ2n) is 5.76. The average Bonchev–Trinajstić information content (AvgIpc) is 2.41. The number of aliphatic hydroxyl groups excluding tert-OH is 1. The number of benzene rings is 1. The van der Waals surface area contributed by atoms with Crippen LogP contribution in [0.25, 0.3) is 0 Å². The summed E-state index contributed by atoms with van der Waals surface area (Å²) >= 11 is 0. The minimum Gasteiger partial charge on any atom is -0.496 e.